The van der Waals surface area contributed by atoms with Gasteiger partial charge < -0.3 is 14.8 Å². The number of furan rings is 1. The summed E-state index contributed by atoms with van der Waals surface area (Å²) in [5.41, 5.74) is 0. The molecule has 2 rings (SSSR count). The first kappa shape index (κ1) is 14.5. The zero-order chi connectivity index (χ0) is 14.5. The normalized spacial score (nSPS) is 10.4. The van der Waals surface area contributed by atoms with Crippen molar-refractivity contribution in [2.75, 3.05) is 5.32 Å². The number of amides is 1. The van der Waals surface area contributed by atoms with Gasteiger partial charge >= 0.3 is 5.97 Å². The van der Waals surface area contributed by atoms with E-state index >= 15 is 0 Å². The number of carbonyl (C=O) groups is 2. The molecule has 0 saturated heterocycles. The van der Waals surface area contributed by atoms with Crippen molar-refractivity contribution in [3.63, 3.8) is 0 Å². The molecule has 0 fully saturated rings. The smallest absolute Gasteiger partial charge is 0.371 e. The Morgan fingerprint density at radius 2 is 2.25 bits per heavy atom. The molecular weight excluding hydrogens is 302 g/mol. The minimum absolute atomic E-state index is 0.0891. The van der Waals surface area contributed by atoms with E-state index < -0.39 is 5.97 Å². The molecule has 1 amide bonds. The SMILES string of the molecule is CCC(=O)Nc1nnc(SCc2ccc(C(=O)O)o2)s1. The summed E-state index contributed by atoms with van der Waals surface area (Å²) in [6.45, 7) is 1.75. The Hall–Kier alpha value is -1.87. The van der Waals surface area contributed by atoms with Crippen LogP contribution in [0.1, 0.15) is 29.7 Å². The molecule has 0 radical (unpaired) electrons. The van der Waals surface area contributed by atoms with Gasteiger partial charge in [-0.3, -0.25) is 4.79 Å². The number of aromatic nitrogens is 2. The van der Waals surface area contributed by atoms with Crippen LogP contribution < -0.4 is 5.32 Å². The third-order valence-corrected chi connectivity index (χ3v) is 4.18. The molecular formula is C11H11N3O4S2. The molecule has 0 unspecified atom stereocenters. The number of rotatable bonds is 6. The Bertz CT molecular complexity index is 623. The topological polar surface area (TPSA) is 105 Å². The van der Waals surface area contributed by atoms with Gasteiger partial charge in [0.15, 0.2) is 4.34 Å². The predicted molar refractivity (Wildman–Crippen MR) is 74.1 cm³/mol. The molecule has 0 aliphatic carbocycles. The number of carboxylic acids is 1. The van der Waals surface area contributed by atoms with Gasteiger partial charge in [-0.2, -0.15) is 0 Å². The van der Waals surface area contributed by atoms with Gasteiger partial charge in [0.05, 0.1) is 5.75 Å². The van der Waals surface area contributed by atoms with E-state index in [-0.39, 0.29) is 11.7 Å². The number of thioether (sulfide) groups is 1. The molecule has 0 atom stereocenters. The second-order valence-corrected chi connectivity index (χ2v) is 5.83. The highest BCUT2D eigenvalue weighted by molar-refractivity contribution is 8.00. The minimum Gasteiger partial charge on any atom is -0.475 e. The van der Waals surface area contributed by atoms with Crippen LogP contribution in [0.3, 0.4) is 0 Å². The van der Waals surface area contributed by atoms with Gasteiger partial charge in [-0.15, -0.1) is 10.2 Å². The van der Waals surface area contributed by atoms with Crippen molar-refractivity contribution in [1.29, 1.82) is 0 Å². The zero-order valence-corrected chi connectivity index (χ0v) is 12.1. The van der Waals surface area contributed by atoms with Crippen molar-refractivity contribution in [1.82, 2.24) is 10.2 Å². The fraction of sp³-hybridized carbons (Fsp3) is 0.273. The number of carboxylic acid groups (broad SMARTS) is 1. The summed E-state index contributed by atoms with van der Waals surface area (Å²) in [4.78, 5) is 21.8. The van der Waals surface area contributed by atoms with Gasteiger partial charge in [0.1, 0.15) is 5.76 Å². The molecule has 106 valence electrons. The molecule has 0 spiro atoms. The highest BCUT2D eigenvalue weighted by Crippen LogP contribution is 2.28. The van der Waals surface area contributed by atoms with E-state index in [0.29, 0.717) is 27.4 Å². The Morgan fingerprint density at radius 1 is 1.45 bits per heavy atom. The first-order valence-corrected chi connectivity index (χ1v) is 7.47. The lowest BCUT2D eigenvalue weighted by atomic mass is 10.4. The van der Waals surface area contributed by atoms with Gasteiger partial charge in [0.25, 0.3) is 0 Å². The van der Waals surface area contributed by atoms with E-state index in [1.807, 2.05) is 0 Å². The van der Waals surface area contributed by atoms with Crippen LogP contribution in [-0.2, 0) is 10.5 Å². The molecule has 0 aromatic carbocycles. The van der Waals surface area contributed by atoms with Crippen molar-refractivity contribution in [3.05, 3.63) is 23.7 Å². The van der Waals surface area contributed by atoms with E-state index in [2.05, 4.69) is 15.5 Å². The highest BCUT2D eigenvalue weighted by Gasteiger charge is 2.11. The standard InChI is InChI=1S/C11H11N3O4S2/c1-2-8(15)12-10-13-14-11(20-10)19-5-6-3-4-7(18-6)9(16)17/h3-4H,2,5H2,1H3,(H,16,17)(H,12,13,15). The lowest BCUT2D eigenvalue weighted by Crippen LogP contribution is -2.08. The van der Waals surface area contributed by atoms with E-state index in [4.69, 9.17) is 9.52 Å². The zero-order valence-electron chi connectivity index (χ0n) is 10.5. The molecule has 0 saturated carbocycles. The third-order valence-electron chi connectivity index (χ3n) is 2.18. The van der Waals surface area contributed by atoms with Gasteiger partial charge in [0, 0.05) is 6.42 Å². The maximum Gasteiger partial charge on any atom is 0.371 e. The Balaban J connectivity index is 1.90. The van der Waals surface area contributed by atoms with Gasteiger partial charge in [-0.05, 0) is 12.1 Å². The van der Waals surface area contributed by atoms with Crippen LogP contribution in [0.5, 0.6) is 0 Å². The van der Waals surface area contributed by atoms with Gasteiger partial charge in [-0.1, -0.05) is 30.0 Å². The van der Waals surface area contributed by atoms with Crippen molar-refractivity contribution in [3.8, 4) is 0 Å². The molecule has 9 heteroatoms. The number of nitrogens with zero attached hydrogens (tertiary/aromatic N) is 2. The minimum atomic E-state index is -1.10. The fourth-order valence-corrected chi connectivity index (χ4v) is 2.89. The Kier molecular flexibility index (Phi) is 4.74. The van der Waals surface area contributed by atoms with Crippen LogP contribution in [0, 0.1) is 0 Å². The number of hydrogen-bond acceptors (Lipinski definition) is 7. The molecule has 0 aliphatic rings. The van der Waals surface area contributed by atoms with Crippen LogP contribution >= 0.6 is 23.1 Å². The number of carbonyl (C=O) groups excluding carboxylic acids is 1. The van der Waals surface area contributed by atoms with Crippen LogP contribution in [0.2, 0.25) is 0 Å². The average molecular weight is 313 g/mol. The number of anilines is 1. The largest absolute Gasteiger partial charge is 0.475 e. The average Bonchev–Trinajstić information content (AvgIpc) is 3.05. The fourth-order valence-electron chi connectivity index (χ4n) is 1.23. The molecule has 0 aliphatic heterocycles. The van der Waals surface area contributed by atoms with Crippen LogP contribution in [-0.4, -0.2) is 27.2 Å². The molecule has 0 bridgehead atoms. The number of aromatic carboxylic acids is 1. The second-order valence-electron chi connectivity index (χ2n) is 3.63. The van der Waals surface area contributed by atoms with Crippen LogP contribution in [0.4, 0.5) is 5.13 Å². The van der Waals surface area contributed by atoms with Gasteiger partial charge in [0.2, 0.25) is 16.8 Å². The summed E-state index contributed by atoms with van der Waals surface area (Å²) in [7, 11) is 0. The molecule has 20 heavy (non-hydrogen) atoms. The van der Waals surface area contributed by atoms with E-state index in [9.17, 15) is 9.59 Å². The van der Waals surface area contributed by atoms with Crippen molar-refractivity contribution >= 4 is 40.1 Å². The maximum atomic E-state index is 11.2. The molecule has 7 nitrogen and oxygen atoms in total. The number of hydrogen-bond donors (Lipinski definition) is 2. The molecule has 2 aromatic rings. The lowest BCUT2D eigenvalue weighted by molar-refractivity contribution is -0.115. The van der Waals surface area contributed by atoms with Crippen molar-refractivity contribution < 1.29 is 19.1 Å². The van der Waals surface area contributed by atoms with Crippen molar-refractivity contribution in [2.24, 2.45) is 0 Å². The Morgan fingerprint density at radius 3 is 2.90 bits per heavy atom. The quantitative estimate of drug-likeness (QED) is 0.623. The van der Waals surface area contributed by atoms with E-state index in [1.165, 1.54) is 29.2 Å². The molecule has 2 aromatic heterocycles. The molecule has 2 heterocycles. The maximum absolute atomic E-state index is 11.2. The number of nitrogens with one attached hydrogen (secondary N) is 1. The summed E-state index contributed by atoms with van der Waals surface area (Å²) in [5, 5.41) is 19.6. The van der Waals surface area contributed by atoms with E-state index in [1.54, 1.807) is 13.0 Å². The summed E-state index contributed by atoms with van der Waals surface area (Å²) in [6.07, 6.45) is 0.381. The lowest BCUT2D eigenvalue weighted by Gasteiger charge is -1.95. The summed E-state index contributed by atoms with van der Waals surface area (Å²) in [6, 6.07) is 3.02. The van der Waals surface area contributed by atoms with E-state index in [0.717, 1.165) is 0 Å². The first-order valence-electron chi connectivity index (χ1n) is 5.66. The first-order chi connectivity index (χ1) is 9.58. The van der Waals surface area contributed by atoms with Crippen LogP contribution in [0.25, 0.3) is 0 Å². The Labute approximate surface area is 122 Å². The van der Waals surface area contributed by atoms with Crippen LogP contribution in [0.15, 0.2) is 20.9 Å². The van der Waals surface area contributed by atoms with Crippen molar-refractivity contribution in [2.45, 2.75) is 23.4 Å². The third kappa shape index (κ3) is 3.81. The molecule has 2 N–H and O–H groups in total. The summed E-state index contributed by atoms with van der Waals surface area (Å²) < 4.78 is 5.79. The monoisotopic (exact) mass is 313 g/mol. The van der Waals surface area contributed by atoms with Gasteiger partial charge in [-0.25, -0.2) is 4.79 Å². The summed E-state index contributed by atoms with van der Waals surface area (Å²) >= 11 is 2.62. The predicted octanol–water partition coefficient (Wildman–Crippen LogP) is 2.47. The second kappa shape index (κ2) is 6.53. The highest BCUT2D eigenvalue weighted by atomic mass is 32.2. The summed E-state index contributed by atoms with van der Waals surface area (Å²) in [5.74, 6) is -0.309.